The van der Waals surface area contributed by atoms with Crippen molar-refractivity contribution in [2.45, 2.75) is 13.3 Å². The molecule has 0 saturated carbocycles. The molecule has 8 heteroatoms. The van der Waals surface area contributed by atoms with Crippen LogP contribution in [0.4, 0.5) is 0 Å². The Balaban J connectivity index is 0.767. The highest BCUT2D eigenvalue weighted by Gasteiger charge is 2.25. The predicted molar refractivity (Wildman–Crippen MR) is 378 cm³/mol. The zero-order valence-corrected chi connectivity index (χ0v) is 49.7. The molecule has 0 aliphatic heterocycles. The molecule has 13 aromatic carbocycles. The van der Waals surface area contributed by atoms with Gasteiger partial charge in [-0.15, -0.1) is 22.7 Å². The largest absolute Gasteiger partial charge is 0.292 e. The number of thiophene rings is 2. The molecule has 0 spiro atoms. The monoisotopic (exact) mass is 1170 g/mol. The fourth-order valence-electron chi connectivity index (χ4n) is 14.9. The molecule has 1 aliphatic rings. The minimum Gasteiger partial charge on any atom is -0.292 e. The first-order valence-electron chi connectivity index (χ1n) is 30.5. The Morgan fingerprint density at radius 3 is 1.69 bits per heavy atom. The molecular formula is C81H48N6S2. The van der Waals surface area contributed by atoms with E-state index in [4.69, 9.17) is 19.9 Å². The quantitative estimate of drug-likeness (QED) is 0.172. The van der Waals surface area contributed by atoms with Crippen LogP contribution in [0.15, 0.2) is 243 Å². The van der Waals surface area contributed by atoms with Crippen LogP contribution in [0.1, 0.15) is 13.3 Å². The van der Waals surface area contributed by atoms with E-state index in [9.17, 15) is 0 Å². The Bertz CT molecular complexity index is 6490. The van der Waals surface area contributed by atoms with Gasteiger partial charge in [-0.1, -0.05) is 183 Å². The topological polar surface area (TPSA) is 61.4 Å². The third-order valence-electron chi connectivity index (χ3n) is 18.9. The second-order valence-corrected chi connectivity index (χ2v) is 26.2. The lowest BCUT2D eigenvalue weighted by molar-refractivity contribution is 0.794. The first kappa shape index (κ1) is 49.2. The van der Waals surface area contributed by atoms with Gasteiger partial charge in [-0.25, -0.2) is 19.9 Å². The summed E-state index contributed by atoms with van der Waals surface area (Å²) < 4.78 is 9.82. The van der Waals surface area contributed by atoms with Gasteiger partial charge in [0.1, 0.15) is 11.4 Å². The molecule has 19 aromatic rings. The van der Waals surface area contributed by atoms with E-state index in [1.54, 1.807) is 0 Å². The summed E-state index contributed by atoms with van der Waals surface area (Å²) in [5.74, 6) is 2.06. The lowest BCUT2D eigenvalue weighted by atomic mass is 9.93. The van der Waals surface area contributed by atoms with Crippen LogP contribution in [-0.4, -0.2) is 29.1 Å². The third-order valence-corrected chi connectivity index (χ3v) is 21.1. The Morgan fingerprint density at radius 2 is 0.910 bits per heavy atom. The molecule has 6 heterocycles. The lowest BCUT2D eigenvalue weighted by Gasteiger charge is -2.15. The Morgan fingerprint density at radius 1 is 0.348 bits per heavy atom. The SMILES string of the molecule is CC1C=c2c(n(-c3nc4ccccc4nc3-c3ccc4ccc(-c5cc6sc7cc8c(cc7c6c6ccccc56)c5ccccc5n8-c5nc6ccccc6nc5-c5cccc6ccccc56)cc4c3)c3cc4sc5ccc6ccccc6c5c4cc23)=CC1. The van der Waals surface area contributed by atoms with Crippen LogP contribution < -0.4 is 10.6 Å². The molecule has 0 amide bonds. The highest BCUT2D eigenvalue weighted by Crippen LogP contribution is 2.48. The van der Waals surface area contributed by atoms with Crippen LogP contribution in [0.2, 0.25) is 0 Å². The van der Waals surface area contributed by atoms with Crippen molar-refractivity contribution in [3.8, 4) is 45.3 Å². The summed E-state index contributed by atoms with van der Waals surface area (Å²) in [6, 6.07) is 88.7. The minimum atomic E-state index is 0.407. The van der Waals surface area contributed by atoms with E-state index in [1.165, 1.54) is 111 Å². The van der Waals surface area contributed by atoms with E-state index in [2.05, 4.69) is 265 Å². The predicted octanol–water partition coefficient (Wildman–Crippen LogP) is 20.6. The maximum absolute atomic E-state index is 5.61. The van der Waals surface area contributed by atoms with E-state index in [-0.39, 0.29) is 0 Å². The van der Waals surface area contributed by atoms with Crippen molar-refractivity contribution in [2.75, 3.05) is 0 Å². The van der Waals surface area contributed by atoms with Crippen molar-refractivity contribution in [1.82, 2.24) is 29.1 Å². The maximum Gasteiger partial charge on any atom is 0.165 e. The molecule has 1 unspecified atom stereocenters. The van der Waals surface area contributed by atoms with Gasteiger partial charge < -0.3 is 0 Å². The minimum absolute atomic E-state index is 0.407. The maximum atomic E-state index is 5.61. The van der Waals surface area contributed by atoms with Crippen molar-refractivity contribution >= 4 is 173 Å². The number of rotatable bonds is 5. The molecule has 1 aliphatic carbocycles. The number of aromatic nitrogens is 6. The van der Waals surface area contributed by atoms with Gasteiger partial charge in [-0.05, 0) is 145 Å². The van der Waals surface area contributed by atoms with Gasteiger partial charge in [-0.3, -0.25) is 9.13 Å². The van der Waals surface area contributed by atoms with Gasteiger partial charge in [0, 0.05) is 72.8 Å². The Kier molecular flexibility index (Phi) is 10.3. The summed E-state index contributed by atoms with van der Waals surface area (Å²) in [5.41, 5.74) is 13.0. The molecule has 0 fully saturated rings. The molecule has 1 atom stereocenters. The lowest BCUT2D eigenvalue weighted by Crippen LogP contribution is -2.32. The first-order chi connectivity index (χ1) is 44.0. The molecule has 20 rings (SSSR count). The molecule has 6 aromatic heterocycles. The van der Waals surface area contributed by atoms with Crippen LogP contribution >= 0.6 is 22.7 Å². The average molecular weight is 1170 g/mol. The van der Waals surface area contributed by atoms with Gasteiger partial charge in [-0.2, -0.15) is 0 Å². The van der Waals surface area contributed by atoms with E-state index >= 15 is 0 Å². The van der Waals surface area contributed by atoms with E-state index in [1.807, 2.05) is 28.7 Å². The van der Waals surface area contributed by atoms with Crippen molar-refractivity contribution in [3.05, 3.63) is 253 Å². The summed E-state index contributed by atoms with van der Waals surface area (Å²) in [6.07, 6.45) is 5.85. The molecule has 0 radical (unpaired) electrons. The van der Waals surface area contributed by atoms with E-state index in [0.717, 1.165) is 90.0 Å². The summed E-state index contributed by atoms with van der Waals surface area (Å²) >= 11 is 3.74. The smallest absolute Gasteiger partial charge is 0.165 e. The number of hydrogen-bond donors (Lipinski definition) is 0. The summed E-state index contributed by atoms with van der Waals surface area (Å²) in [7, 11) is 0. The standard InChI is InChI=1S/C81H48N6S2/c1-45-29-35-69-59(37-45)61-41-62-73(88-72-36-34-48-16-3-5-19-53(48)76(62)72)44-71(61)87(69)80-78(82-64-24-9-11-26-66(64)84-80)50-33-31-46-30-32-49(38-51(46)39-50)58-42-75-77(56-22-7-6-20-54(56)58)63-40-60-55-21-8-13-28-68(55)86(70(60)43-74(63)89-75)81-79(83-65-25-10-12-27-67(65)85-81)57-23-14-17-47-15-2-4-18-52(47)57/h2-28,30-45H,29H2,1H3. The summed E-state index contributed by atoms with van der Waals surface area (Å²) in [4.78, 5) is 22.2. The van der Waals surface area contributed by atoms with Gasteiger partial charge in [0.15, 0.2) is 11.6 Å². The molecule has 0 N–H and O–H groups in total. The molecular weight excluding hydrogens is 1120 g/mol. The van der Waals surface area contributed by atoms with E-state index in [0.29, 0.717) is 5.92 Å². The van der Waals surface area contributed by atoms with Crippen LogP contribution in [0.3, 0.4) is 0 Å². The molecule has 0 saturated heterocycles. The number of benzene rings is 13. The fourth-order valence-corrected chi connectivity index (χ4v) is 17.2. The number of para-hydroxylation sites is 5. The van der Waals surface area contributed by atoms with Crippen molar-refractivity contribution in [3.63, 3.8) is 0 Å². The van der Waals surface area contributed by atoms with Crippen molar-refractivity contribution in [1.29, 1.82) is 0 Å². The number of nitrogens with zero attached hydrogens (tertiary/aromatic N) is 6. The van der Waals surface area contributed by atoms with Crippen LogP contribution in [0.5, 0.6) is 0 Å². The van der Waals surface area contributed by atoms with Gasteiger partial charge in [0.05, 0.1) is 44.0 Å². The average Bonchev–Trinajstić information content (AvgIpc) is 1.63. The fraction of sp³-hybridized carbons (Fsp3) is 0.0370. The summed E-state index contributed by atoms with van der Waals surface area (Å²) in [5, 5.41) is 20.9. The van der Waals surface area contributed by atoms with E-state index < -0.39 is 0 Å². The molecule has 6 nitrogen and oxygen atoms in total. The molecule has 89 heavy (non-hydrogen) atoms. The highest BCUT2D eigenvalue weighted by molar-refractivity contribution is 7.26. The zero-order chi connectivity index (χ0) is 58.2. The van der Waals surface area contributed by atoms with Gasteiger partial charge in [0.25, 0.3) is 0 Å². The van der Waals surface area contributed by atoms with Crippen molar-refractivity contribution < 1.29 is 0 Å². The van der Waals surface area contributed by atoms with Crippen LogP contribution in [0, 0.1) is 5.92 Å². The van der Waals surface area contributed by atoms with Crippen molar-refractivity contribution in [2.24, 2.45) is 5.92 Å². The normalized spacial score (nSPS) is 13.7. The van der Waals surface area contributed by atoms with Gasteiger partial charge in [0.2, 0.25) is 0 Å². The van der Waals surface area contributed by atoms with Gasteiger partial charge >= 0.3 is 0 Å². The van der Waals surface area contributed by atoms with Crippen LogP contribution in [0.25, 0.3) is 196 Å². The second kappa shape index (κ2) is 18.6. The second-order valence-electron chi connectivity index (χ2n) is 24.1. The third kappa shape index (κ3) is 7.24. The summed E-state index contributed by atoms with van der Waals surface area (Å²) in [6.45, 7) is 2.33. The Hall–Kier alpha value is -10.9. The molecule has 0 bridgehead atoms. The number of hydrogen-bond acceptors (Lipinski definition) is 6. The first-order valence-corrected chi connectivity index (χ1v) is 32.1. The molecule has 414 valence electrons. The Labute approximate surface area is 516 Å². The number of fused-ring (bicyclic) bond motifs is 20. The highest BCUT2D eigenvalue weighted by atomic mass is 32.1. The van der Waals surface area contributed by atoms with Crippen LogP contribution in [-0.2, 0) is 0 Å². The zero-order valence-electron chi connectivity index (χ0n) is 48.0.